The molecule has 0 radical (unpaired) electrons. The van der Waals surface area contributed by atoms with Crippen molar-refractivity contribution >= 4 is 92.0 Å². The van der Waals surface area contributed by atoms with Gasteiger partial charge in [0.25, 0.3) is 11.6 Å². The SMILES string of the molecule is O=C(N[C@@H](NC(=S)Nc1ccc([N+](=O)[O-])cc1)C(Cl)(Cl)Cl)c1ccc(I)cc1. The molecule has 0 bridgehead atoms. The topological polar surface area (TPSA) is 96.3 Å². The molecule has 2 aromatic carbocycles. The van der Waals surface area contributed by atoms with E-state index in [1.54, 1.807) is 24.3 Å². The molecule has 0 aliphatic rings. The molecular formula is C16H12Cl3IN4O3S. The van der Waals surface area contributed by atoms with Crippen LogP contribution in [0.3, 0.4) is 0 Å². The zero-order valence-corrected chi connectivity index (χ0v) is 19.0. The average Bonchev–Trinajstić information content (AvgIpc) is 2.61. The van der Waals surface area contributed by atoms with E-state index in [-0.39, 0.29) is 10.8 Å². The molecule has 0 aliphatic carbocycles. The zero-order chi connectivity index (χ0) is 20.9. The van der Waals surface area contributed by atoms with Gasteiger partial charge >= 0.3 is 0 Å². The average molecular weight is 574 g/mol. The minimum atomic E-state index is -1.90. The Morgan fingerprint density at radius 2 is 1.64 bits per heavy atom. The number of alkyl halides is 3. The van der Waals surface area contributed by atoms with Crippen LogP contribution in [0.15, 0.2) is 48.5 Å². The van der Waals surface area contributed by atoms with Gasteiger partial charge in [0.2, 0.25) is 3.79 Å². The van der Waals surface area contributed by atoms with Gasteiger partial charge in [0.1, 0.15) is 6.17 Å². The Kier molecular flexibility index (Phi) is 8.07. The Bertz CT molecular complexity index is 876. The van der Waals surface area contributed by atoms with Gasteiger partial charge in [-0.15, -0.1) is 0 Å². The lowest BCUT2D eigenvalue weighted by Crippen LogP contribution is -2.56. The van der Waals surface area contributed by atoms with E-state index in [1.165, 1.54) is 24.3 Å². The summed E-state index contributed by atoms with van der Waals surface area (Å²) < 4.78 is -0.932. The lowest BCUT2D eigenvalue weighted by molar-refractivity contribution is -0.384. The molecule has 0 saturated heterocycles. The van der Waals surface area contributed by atoms with Gasteiger partial charge in [0, 0.05) is 27.0 Å². The number of carbonyl (C=O) groups is 1. The van der Waals surface area contributed by atoms with Crippen LogP contribution in [0.25, 0.3) is 0 Å². The summed E-state index contributed by atoms with van der Waals surface area (Å²) in [4.78, 5) is 22.6. The molecule has 0 spiro atoms. The van der Waals surface area contributed by atoms with Crippen molar-refractivity contribution in [3.05, 3.63) is 67.8 Å². The monoisotopic (exact) mass is 572 g/mol. The van der Waals surface area contributed by atoms with Gasteiger partial charge in [0.05, 0.1) is 4.92 Å². The van der Waals surface area contributed by atoms with Crippen molar-refractivity contribution in [1.29, 1.82) is 0 Å². The summed E-state index contributed by atoms with van der Waals surface area (Å²) in [6.45, 7) is 0. The second-order valence-corrected chi connectivity index (χ2v) is 9.38. The van der Waals surface area contributed by atoms with Gasteiger partial charge in [-0.25, -0.2) is 0 Å². The number of hydrogen-bond acceptors (Lipinski definition) is 4. The van der Waals surface area contributed by atoms with Crippen molar-refractivity contribution in [1.82, 2.24) is 10.6 Å². The van der Waals surface area contributed by atoms with Gasteiger partial charge in [0.15, 0.2) is 5.11 Å². The van der Waals surface area contributed by atoms with Crippen molar-refractivity contribution in [2.75, 3.05) is 5.32 Å². The summed E-state index contributed by atoms with van der Waals surface area (Å²) in [7, 11) is 0. The molecule has 148 valence electrons. The predicted molar refractivity (Wildman–Crippen MR) is 123 cm³/mol. The Labute approximate surface area is 194 Å². The molecule has 3 N–H and O–H groups in total. The van der Waals surface area contributed by atoms with E-state index in [0.717, 1.165) is 3.57 Å². The Balaban J connectivity index is 2.04. The molecule has 1 atom stereocenters. The van der Waals surface area contributed by atoms with Gasteiger partial charge < -0.3 is 16.0 Å². The van der Waals surface area contributed by atoms with Gasteiger partial charge in [-0.2, -0.15) is 0 Å². The summed E-state index contributed by atoms with van der Waals surface area (Å²) in [5.74, 6) is -0.460. The van der Waals surface area contributed by atoms with Crippen molar-refractivity contribution in [2.45, 2.75) is 9.96 Å². The van der Waals surface area contributed by atoms with Crippen molar-refractivity contribution in [2.24, 2.45) is 0 Å². The lowest BCUT2D eigenvalue weighted by Gasteiger charge is -2.27. The van der Waals surface area contributed by atoms with E-state index >= 15 is 0 Å². The number of amides is 1. The molecule has 0 fully saturated rings. The first-order chi connectivity index (χ1) is 13.1. The predicted octanol–water partition coefficient (Wildman–Crippen LogP) is 4.61. The minimum Gasteiger partial charge on any atom is -0.339 e. The van der Waals surface area contributed by atoms with Gasteiger partial charge in [-0.05, 0) is 71.2 Å². The molecule has 0 aromatic heterocycles. The maximum absolute atomic E-state index is 12.4. The molecule has 12 heteroatoms. The number of nitrogens with one attached hydrogen (secondary N) is 3. The van der Waals surface area contributed by atoms with Crippen LogP contribution in [0.4, 0.5) is 11.4 Å². The summed E-state index contributed by atoms with van der Waals surface area (Å²) in [6.07, 6.45) is -1.14. The first kappa shape index (κ1) is 22.9. The number of rotatable bonds is 5. The Hall–Kier alpha value is -1.40. The number of nitrogens with zero attached hydrogens (tertiary/aromatic N) is 1. The zero-order valence-electron chi connectivity index (χ0n) is 13.8. The third kappa shape index (κ3) is 6.89. The van der Waals surface area contributed by atoms with E-state index in [9.17, 15) is 14.9 Å². The normalized spacial score (nSPS) is 12.0. The lowest BCUT2D eigenvalue weighted by atomic mass is 10.2. The van der Waals surface area contributed by atoms with Crippen LogP contribution >= 0.6 is 69.6 Å². The van der Waals surface area contributed by atoms with Crippen LogP contribution in [-0.4, -0.2) is 25.9 Å². The second-order valence-electron chi connectivity index (χ2n) is 5.36. The number of carbonyl (C=O) groups excluding carboxylic acids is 1. The first-order valence-electron chi connectivity index (χ1n) is 7.51. The van der Waals surface area contributed by atoms with Crippen molar-refractivity contribution < 1.29 is 9.72 Å². The number of nitro benzene ring substituents is 1. The minimum absolute atomic E-state index is 0.0492. The van der Waals surface area contributed by atoms with E-state index in [1.807, 2.05) is 0 Å². The fraction of sp³-hybridized carbons (Fsp3) is 0.125. The highest BCUT2D eigenvalue weighted by Gasteiger charge is 2.34. The van der Waals surface area contributed by atoms with Crippen molar-refractivity contribution in [3.63, 3.8) is 0 Å². The highest BCUT2D eigenvalue weighted by Crippen LogP contribution is 2.29. The molecule has 2 aromatic rings. The Morgan fingerprint density at radius 1 is 1.07 bits per heavy atom. The van der Waals surface area contributed by atoms with Crippen LogP contribution in [0.1, 0.15) is 10.4 Å². The van der Waals surface area contributed by atoms with Crippen molar-refractivity contribution in [3.8, 4) is 0 Å². The largest absolute Gasteiger partial charge is 0.339 e. The molecule has 0 heterocycles. The third-order valence-electron chi connectivity index (χ3n) is 3.32. The molecule has 0 unspecified atom stereocenters. The van der Waals surface area contributed by atoms with Gasteiger partial charge in [-0.3, -0.25) is 14.9 Å². The summed E-state index contributed by atoms with van der Waals surface area (Å²) >= 11 is 25.1. The van der Waals surface area contributed by atoms with Gasteiger partial charge in [-0.1, -0.05) is 34.8 Å². The maximum atomic E-state index is 12.4. The molecule has 0 saturated carbocycles. The molecule has 0 aliphatic heterocycles. The number of non-ortho nitro benzene ring substituents is 1. The second kappa shape index (κ2) is 9.88. The number of nitro groups is 1. The van der Waals surface area contributed by atoms with Crippen LogP contribution in [-0.2, 0) is 0 Å². The smallest absolute Gasteiger partial charge is 0.269 e. The first-order valence-corrected chi connectivity index (χ1v) is 10.1. The highest BCUT2D eigenvalue weighted by molar-refractivity contribution is 14.1. The molecule has 28 heavy (non-hydrogen) atoms. The van der Waals surface area contributed by atoms with E-state index < -0.39 is 20.8 Å². The number of thiocarbonyl (C=S) groups is 1. The van der Waals surface area contributed by atoms with Crippen LogP contribution in [0.5, 0.6) is 0 Å². The fourth-order valence-electron chi connectivity index (χ4n) is 1.98. The number of benzene rings is 2. The summed E-state index contributed by atoms with van der Waals surface area (Å²) in [5, 5.41) is 18.8. The number of hydrogen-bond donors (Lipinski definition) is 3. The Morgan fingerprint density at radius 3 is 2.14 bits per heavy atom. The molecule has 1 amide bonds. The molecule has 7 nitrogen and oxygen atoms in total. The summed E-state index contributed by atoms with van der Waals surface area (Å²) in [5.41, 5.74) is 0.805. The quantitative estimate of drug-likeness (QED) is 0.121. The summed E-state index contributed by atoms with van der Waals surface area (Å²) in [6, 6.07) is 12.4. The van der Waals surface area contributed by atoms with E-state index in [4.69, 9.17) is 47.0 Å². The number of halogens is 4. The third-order valence-corrected chi connectivity index (χ3v) is 4.91. The number of anilines is 1. The fourth-order valence-corrected chi connectivity index (χ4v) is 2.90. The molecule has 2 rings (SSSR count). The standard InChI is InChI=1S/C16H12Cl3IN4O3S/c17-16(18,19)14(22-13(25)9-1-3-10(20)4-2-9)23-15(28)21-11-5-7-12(8-6-11)24(26)27/h1-8,14H,(H,22,25)(H2,21,23,28)/t14-/m0/s1. The van der Waals surface area contributed by atoms with E-state index in [0.29, 0.717) is 11.3 Å². The van der Waals surface area contributed by atoms with Crippen LogP contribution < -0.4 is 16.0 Å². The van der Waals surface area contributed by atoms with Crippen LogP contribution in [0, 0.1) is 13.7 Å². The van der Waals surface area contributed by atoms with Crippen LogP contribution in [0.2, 0.25) is 0 Å². The molecular weight excluding hydrogens is 562 g/mol. The highest BCUT2D eigenvalue weighted by atomic mass is 127. The van der Waals surface area contributed by atoms with E-state index in [2.05, 4.69) is 38.5 Å². The maximum Gasteiger partial charge on any atom is 0.269 e.